The lowest BCUT2D eigenvalue weighted by atomic mass is 9.90. The van der Waals surface area contributed by atoms with Crippen molar-refractivity contribution in [3.63, 3.8) is 0 Å². The fraction of sp³-hybridized carbons (Fsp3) is 0.875. The molecule has 2 bridgehead atoms. The molecule has 0 radical (unpaired) electrons. The molecule has 3 heterocycles. The lowest BCUT2D eigenvalue weighted by Crippen LogP contribution is -2.39. The Hall–Kier alpha value is -0.940. The first-order chi connectivity index (χ1) is 10.0. The lowest BCUT2D eigenvalue weighted by Gasteiger charge is -2.34. The lowest BCUT2D eigenvalue weighted by molar-refractivity contribution is 0.157. The highest BCUT2D eigenvalue weighted by Gasteiger charge is 2.40. The normalized spacial score (nSPS) is 31.0. The monoisotopic (exact) mass is 292 g/mol. The highest BCUT2D eigenvalue weighted by molar-refractivity contribution is 5.05. The van der Waals surface area contributed by atoms with Gasteiger partial charge in [-0.3, -0.25) is 0 Å². The minimum absolute atomic E-state index is 0.118. The molecule has 2 aliphatic heterocycles. The number of hydrogen-bond donors (Lipinski definition) is 1. The van der Waals surface area contributed by atoms with E-state index in [-0.39, 0.29) is 6.04 Å². The standard InChI is InChI=1S/C16H28N4O/c1-10(2)6-12(17)9-15-18-16(19-21-15)11-7-13-4-5-14(8-11)20(13)3/h10-14H,4-9,17H2,1-3H3. The largest absolute Gasteiger partial charge is 0.339 e. The summed E-state index contributed by atoms with van der Waals surface area (Å²) in [6.45, 7) is 4.38. The molecule has 0 amide bonds. The van der Waals surface area contributed by atoms with Crippen molar-refractivity contribution in [3.05, 3.63) is 11.7 Å². The van der Waals surface area contributed by atoms with Crippen LogP contribution in [0.3, 0.4) is 0 Å². The van der Waals surface area contributed by atoms with Gasteiger partial charge in [0, 0.05) is 30.5 Å². The Labute approximate surface area is 127 Å². The maximum Gasteiger partial charge on any atom is 0.228 e. The minimum Gasteiger partial charge on any atom is -0.339 e. The number of aromatic nitrogens is 2. The van der Waals surface area contributed by atoms with Gasteiger partial charge in [-0.1, -0.05) is 19.0 Å². The Bertz CT molecular complexity index is 459. The fourth-order valence-electron chi connectivity index (χ4n) is 4.05. The highest BCUT2D eigenvalue weighted by atomic mass is 16.5. The van der Waals surface area contributed by atoms with Crippen LogP contribution in [-0.4, -0.2) is 40.2 Å². The Balaban J connectivity index is 1.60. The first kappa shape index (κ1) is 15.0. The van der Waals surface area contributed by atoms with E-state index >= 15 is 0 Å². The molecular weight excluding hydrogens is 264 g/mol. The highest BCUT2D eigenvalue weighted by Crippen LogP contribution is 2.41. The second-order valence-corrected chi connectivity index (χ2v) is 7.36. The topological polar surface area (TPSA) is 68.2 Å². The maximum atomic E-state index is 6.13. The molecule has 1 aromatic heterocycles. The van der Waals surface area contributed by atoms with Gasteiger partial charge in [0.15, 0.2) is 5.82 Å². The Morgan fingerprint density at radius 2 is 1.95 bits per heavy atom. The van der Waals surface area contributed by atoms with Gasteiger partial charge in [-0.25, -0.2) is 0 Å². The van der Waals surface area contributed by atoms with Crippen LogP contribution < -0.4 is 5.73 Å². The molecule has 118 valence electrons. The number of rotatable bonds is 5. The van der Waals surface area contributed by atoms with Crippen LogP contribution in [0.4, 0.5) is 0 Å². The molecule has 2 fully saturated rings. The van der Waals surface area contributed by atoms with Gasteiger partial charge in [-0.15, -0.1) is 0 Å². The number of nitrogens with zero attached hydrogens (tertiary/aromatic N) is 3. The number of fused-ring (bicyclic) bond motifs is 2. The van der Waals surface area contributed by atoms with Crippen LogP contribution in [0, 0.1) is 5.92 Å². The summed E-state index contributed by atoms with van der Waals surface area (Å²) in [6.07, 6.45) is 6.68. The summed E-state index contributed by atoms with van der Waals surface area (Å²) >= 11 is 0. The van der Waals surface area contributed by atoms with Crippen LogP contribution in [0.2, 0.25) is 0 Å². The zero-order valence-corrected chi connectivity index (χ0v) is 13.5. The summed E-state index contributed by atoms with van der Waals surface area (Å²) in [4.78, 5) is 7.16. The van der Waals surface area contributed by atoms with Crippen molar-refractivity contribution in [2.24, 2.45) is 11.7 Å². The fourth-order valence-corrected chi connectivity index (χ4v) is 4.05. The molecule has 2 aliphatic rings. The van der Waals surface area contributed by atoms with Crippen LogP contribution in [0.5, 0.6) is 0 Å². The van der Waals surface area contributed by atoms with Crippen molar-refractivity contribution < 1.29 is 4.52 Å². The van der Waals surface area contributed by atoms with Gasteiger partial charge >= 0.3 is 0 Å². The van der Waals surface area contributed by atoms with Crippen LogP contribution in [0.1, 0.15) is 63.6 Å². The smallest absolute Gasteiger partial charge is 0.228 e. The molecule has 0 spiro atoms. The van der Waals surface area contributed by atoms with Gasteiger partial charge in [0.1, 0.15) is 0 Å². The van der Waals surface area contributed by atoms with E-state index in [1.54, 1.807) is 0 Å². The molecule has 5 heteroatoms. The molecule has 0 aromatic carbocycles. The molecule has 3 rings (SSSR count). The Morgan fingerprint density at radius 1 is 1.29 bits per heavy atom. The maximum absolute atomic E-state index is 6.13. The van der Waals surface area contributed by atoms with Crippen LogP contribution in [0.25, 0.3) is 0 Å². The van der Waals surface area contributed by atoms with Crippen molar-refractivity contribution in [1.82, 2.24) is 15.0 Å². The van der Waals surface area contributed by atoms with E-state index in [2.05, 4.69) is 35.9 Å². The summed E-state index contributed by atoms with van der Waals surface area (Å²) in [6, 6.07) is 1.53. The van der Waals surface area contributed by atoms with E-state index in [1.165, 1.54) is 25.7 Å². The summed E-state index contributed by atoms with van der Waals surface area (Å²) in [5.74, 6) is 2.69. The van der Waals surface area contributed by atoms with Crippen molar-refractivity contribution in [1.29, 1.82) is 0 Å². The minimum atomic E-state index is 0.118. The van der Waals surface area contributed by atoms with Gasteiger partial charge in [0.2, 0.25) is 5.89 Å². The molecule has 21 heavy (non-hydrogen) atoms. The number of piperidine rings is 1. The molecule has 2 N–H and O–H groups in total. The third kappa shape index (κ3) is 3.29. The molecule has 1 aromatic rings. The van der Waals surface area contributed by atoms with Crippen molar-refractivity contribution in [2.75, 3.05) is 7.05 Å². The van der Waals surface area contributed by atoms with Crippen LogP contribution in [-0.2, 0) is 6.42 Å². The van der Waals surface area contributed by atoms with Crippen molar-refractivity contribution in [2.45, 2.75) is 76.4 Å². The number of nitrogens with two attached hydrogens (primary N) is 1. The molecule has 0 saturated carbocycles. The average molecular weight is 292 g/mol. The average Bonchev–Trinajstić information content (AvgIpc) is 2.91. The third-order valence-corrected chi connectivity index (χ3v) is 5.16. The van der Waals surface area contributed by atoms with Gasteiger partial charge < -0.3 is 15.2 Å². The zero-order chi connectivity index (χ0) is 15.0. The summed E-state index contributed by atoms with van der Waals surface area (Å²) in [5.41, 5.74) is 6.13. The van der Waals surface area contributed by atoms with E-state index in [9.17, 15) is 0 Å². The molecular formula is C16H28N4O. The van der Waals surface area contributed by atoms with Crippen LogP contribution in [0.15, 0.2) is 4.52 Å². The summed E-state index contributed by atoms with van der Waals surface area (Å²) < 4.78 is 5.43. The Kier molecular flexibility index (Phi) is 4.31. The predicted molar refractivity (Wildman–Crippen MR) is 82.0 cm³/mol. The van der Waals surface area contributed by atoms with Gasteiger partial charge in [0.05, 0.1) is 0 Å². The van der Waals surface area contributed by atoms with Crippen molar-refractivity contribution >= 4 is 0 Å². The second-order valence-electron chi connectivity index (χ2n) is 7.36. The number of hydrogen-bond acceptors (Lipinski definition) is 5. The zero-order valence-electron chi connectivity index (χ0n) is 13.5. The Morgan fingerprint density at radius 3 is 2.57 bits per heavy atom. The molecule has 3 unspecified atom stereocenters. The quantitative estimate of drug-likeness (QED) is 0.902. The molecule has 5 nitrogen and oxygen atoms in total. The van der Waals surface area contributed by atoms with Crippen LogP contribution >= 0.6 is 0 Å². The van der Waals surface area contributed by atoms with Gasteiger partial charge in [0.25, 0.3) is 0 Å². The predicted octanol–water partition coefficient (Wildman–Crippen LogP) is 2.33. The van der Waals surface area contributed by atoms with Gasteiger partial charge in [-0.05, 0) is 45.1 Å². The second kappa shape index (κ2) is 6.05. The van der Waals surface area contributed by atoms with E-state index in [1.807, 2.05) is 0 Å². The molecule has 2 saturated heterocycles. The van der Waals surface area contributed by atoms with E-state index in [4.69, 9.17) is 10.3 Å². The van der Waals surface area contributed by atoms with E-state index < -0.39 is 0 Å². The third-order valence-electron chi connectivity index (χ3n) is 5.16. The first-order valence-electron chi connectivity index (χ1n) is 8.33. The molecule has 0 aliphatic carbocycles. The van der Waals surface area contributed by atoms with Crippen molar-refractivity contribution in [3.8, 4) is 0 Å². The van der Waals surface area contributed by atoms with E-state index in [0.717, 1.165) is 12.2 Å². The molecule has 3 atom stereocenters. The van der Waals surface area contributed by atoms with E-state index in [0.29, 0.717) is 36.2 Å². The first-order valence-corrected chi connectivity index (χ1v) is 8.33. The SMILES string of the molecule is CC(C)CC(N)Cc1nc(C2CC3CCC(C2)N3C)no1. The van der Waals surface area contributed by atoms with Gasteiger partial charge in [-0.2, -0.15) is 4.98 Å². The summed E-state index contributed by atoms with van der Waals surface area (Å²) in [5, 5.41) is 4.23. The summed E-state index contributed by atoms with van der Waals surface area (Å²) in [7, 11) is 2.26.